The van der Waals surface area contributed by atoms with E-state index in [-0.39, 0.29) is 17.5 Å². The molecule has 0 radical (unpaired) electrons. The summed E-state index contributed by atoms with van der Waals surface area (Å²) in [6, 6.07) is 19.5. The Morgan fingerprint density at radius 2 is 1.66 bits per heavy atom. The Morgan fingerprint density at radius 3 is 2.34 bits per heavy atom. The van der Waals surface area contributed by atoms with Crippen molar-refractivity contribution in [3.05, 3.63) is 90.4 Å². The molecule has 8 heteroatoms. The van der Waals surface area contributed by atoms with Gasteiger partial charge in [0.05, 0.1) is 5.69 Å². The monoisotopic (exact) mass is 386 g/mol. The maximum atomic E-state index is 12.5. The van der Waals surface area contributed by atoms with Crippen LogP contribution in [-0.2, 0) is 7.05 Å². The molecule has 0 spiro atoms. The van der Waals surface area contributed by atoms with Crippen LogP contribution in [0.1, 0.15) is 20.8 Å². The van der Waals surface area contributed by atoms with Crippen molar-refractivity contribution in [3.8, 4) is 5.69 Å². The van der Waals surface area contributed by atoms with E-state index in [0.717, 1.165) is 5.69 Å². The van der Waals surface area contributed by atoms with Crippen LogP contribution in [0.4, 0.5) is 11.5 Å². The summed E-state index contributed by atoms with van der Waals surface area (Å²) in [5.74, 6) is -0.208. The van der Waals surface area contributed by atoms with Crippen LogP contribution in [0.5, 0.6) is 0 Å². The lowest BCUT2D eigenvalue weighted by Crippen LogP contribution is -2.14. The second-order valence-electron chi connectivity index (χ2n) is 6.31. The zero-order valence-electron chi connectivity index (χ0n) is 15.6. The zero-order valence-corrected chi connectivity index (χ0v) is 15.6. The number of nitrogens with zero attached hydrogens (tertiary/aromatic N) is 4. The first kappa shape index (κ1) is 18.2. The molecule has 4 rings (SSSR count). The van der Waals surface area contributed by atoms with Crippen molar-refractivity contribution in [1.82, 2.24) is 19.6 Å². The maximum absolute atomic E-state index is 12.5. The molecule has 2 aromatic carbocycles. The fourth-order valence-electron chi connectivity index (χ4n) is 2.79. The lowest BCUT2D eigenvalue weighted by Gasteiger charge is -2.05. The van der Waals surface area contributed by atoms with Crippen molar-refractivity contribution in [3.63, 3.8) is 0 Å². The number of hydrogen-bond acceptors (Lipinski definition) is 4. The van der Waals surface area contributed by atoms with Crippen LogP contribution in [0.2, 0.25) is 0 Å². The number of carbonyl (C=O) groups is 2. The van der Waals surface area contributed by atoms with Crippen LogP contribution < -0.4 is 10.6 Å². The molecule has 0 saturated heterocycles. The van der Waals surface area contributed by atoms with Crippen LogP contribution in [0, 0.1) is 0 Å². The van der Waals surface area contributed by atoms with Gasteiger partial charge in [-0.1, -0.05) is 18.2 Å². The standard InChI is InChI=1S/C21H18N6O2/c1-26-19(24-20(28)15-6-3-2-4-7-15)14-18(25-26)21(29)23-16-8-10-17(11-9-16)27-13-5-12-22-27/h2-14H,1H3,(H,23,29)(H,24,28). The predicted molar refractivity (Wildman–Crippen MR) is 109 cm³/mol. The first-order chi connectivity index (χ1) is 14.1. The average molecular weight is 386 g/mol. The minimum atomic E-state index is -0.368. The van der Waals surface area contributed by atoms with Crippen molar-refractivity contribution in [2.45, 2.75) is 0 Å². The van der Waals surface area contributed by atoms with Crippen molar-refractivity contribution >= 4 is 23.3 Å². The first-order valence-corrected chi connectivity index (χ1v) is 8.92. The lowest BCUT2D eigenvalue weighted by atomic mass is 10.2. The third-order valence-electron chi connectivity index (χ3n) is 4.28. The van der Waals surface area contributed by atoms with E-state index in [1.165, 1.54) is 10.7 Å². The highest BCUT2D eigenvalue weighted by Gasteiger charge is 2.15. The number of aryl methyl sites for hydroxylation is 1. The molecule has 0 fully saturated rings. The van der Waals surface area contributed by atoms with E-state index in [0.29, 0.717) is 17.1 Å². The molecule has 8 nitrogen and oxygen atoms in total. The second kappa shape index (κ2) is 7.81. The van der Waals surface area contributed by atoms with E-state index >= 15 is 0 Å². The summed E-state index contributed by atoms with van der Waals surface area (Å²) in [5, 5.41) is 13.9. The Hall–Kier alpha value is -4.20. The fraction of sp³-hybridized carbons (Fsp3) is 0.0476. The molecule has 4 aromatic rings. The van der Waals surface area contributed by atoms with Gasteiger partial charge in [0, 0.05) is 36.8 Å². The Bertz CT molecular complexity index is 1130. The molecule has 29 heavy (non-hydrogen) atoms. The van der Waals surface area contributed by atoms with Crippen molar-refractivity contribution in [2.75, 3.05) is 10.6 Å². The Balaban J connectivity index is 1.44. The molecular formula is C21H18N6O2. The highest BCUT2D eigenvalue weighted by molar-refractivity contribution is 6.06. The average Bonchev–Trinajstić information content (AvgIpc) is 3.40. The first-order valence-electron chi connectivity index (χ1n) is 8.92. The van der Waals surface area contributed by atoms with Crippen LogP contribution in [-0.4, -0.2) is 31.4 Å². The maximum Gasteiger partial charge on any atom is 0.276 e. The van der Waals surface area contributed by atoms with Gasteiger partial charge in [0.1, 0.15) is 5.82 Å². The zero-order chi connectivity index (χ0) is 20.2. The number of hydrogen-bond donors (Lipinski definition) is 2. The highest BCUT2D eigenvalue weighted by atomic mass is 16.2. The molecular weight excluding hydrogens is 368 g/mol. The molecule has 0 aliphatic carbocycles. The van der Waals surface area contributed by atoms with E-state index in [4.69, 9.17) is 0 Å². The molecule has 0 aliphatic heterocycles. The summed E-state index contributed by atoms with van der Waals surface area (Å²) in [6.07, 6.45) is 3.54. The van der Waals surface area contributed by atoms with Crippen LogP contribution in [0.25, 0.3) is 5.69 Å². The van der Waals surface area contributed by atoms with Gasteiger partial charge in [-0.25, -0.2) is 4.68 Å². The van der Waals surface area contributed by atoms with Gasteiger partial charge < -0.3 is 10.6 Å². The molecule has 2 aromatic heterocycles. The number of benzene rings is 2. The lowest BCUT2D eigenvalue weighted by molar-refractivity contribution is 0.101. The topological polar surface area (TPSA) is 93.8 Å². The summed E-state index contributed by atoms with van der Waals surface area (Å²) in [5.41, 5.74) is 2.24. The van der Waals surface area contributed by atoms with Crippen LogP contribution >= 0.6 is 0 Å². The third-order valence-corrected chi connectivity index (χ3v) is 4.28. The summed E-state index contributed by atoms with van der Waals surface area (Å²) in [6.45, 7) is 0. The summed E-state index contributed by atoms with van der Waals surface area (Å²) in [7, 11) is 1.66. The van der Waals surface area contributed by atoms with E-state index in [9.17, 15) is 9.59 Å². The predicted octanol–water partition coefficient (Wildman–Crippen LogP) is 3.11. The summed E-state index contributed by atoms with van der Waals surface area (Å²) >= 11 is 0. The number of rotatable bonds is 5. The number of amides is 2. The van der Waals surface area contributed by atoms with E-state index in [1.54, 1.807) is 54.3 Å². The van der Waals surface area contributed by atoms with Crippen molar-refractivity contribution in [2.24, 2.45) is 7.05 Å². The van der Waals surface area contributed by atoms with Gasteiger partial charge in [-0.2, -0.15) is 10.2 Å². The molecule has 0 atom stereocenters. The minimum absolute atomic E-state index is 0.201. The molecule has 2 amide bonds. The van der Waals surface area contributed by atoms with Gasteiger partial charge in [0.25, 0.3) is 11.8 Å². The minimum Gasteiger partial charge on any atom is -0.321 e. The van der Waals surface area contributed by atoms with Crippen molar-refractivity contribution in [1.29, 1.82) is 0 Å². The van der Waals surface area contributed by atoms with Crippen molar-refractivity contribution < 1.29 is 9.59 Å². The smallest absolute Gasteiger partial charge is 0.276 e. The van der Waals surface area contributed by atoms with Gasteiger partial charge in [0.15, 0.2) is 5.69 Å². The molecule has 0 saturated carbocycles. The fourth-order valence-corrected chi connectivity index (χ4v) is 2.79. The second-order valence-corrected chi connectivity index (χ2v) is 6.31. The highest BCUT2D eigenvalue weighted by Crippen LogP contribution is 2.16. The van der Waals surface area contributed by atoms with Gasteiger partial charge in [-0.3, -0.25) is 14.3 Å². The van der Waals surface area contributed by atoms with Crippen LogP contribution in [0.3, 0.4) is 0 Å². The van der Waals surface area contributed by atoms with Gasteiger partial charge in [0.2, 0.25) is 0 Å². The third kappa shape index (κ3) is 4.06. The molecule has 2 N–H and O–H groups in total. The number of carbonyl (C=O) groups excluding carboxylic acids is 2. The Morgan fingerprint density at radius 1 is 0.897 bits per heavy atom. The van der Waals surface area contributed by atoms with Gasteiger partial charge >= 0.3 is 0 Å². The van der Waals surface area contributed by atoms with Gasteiger partial charge in [-0.15, -0.1) is 0 Å². The number of aromatic nitrogens is 4. The van der Waals surface area contributed by atoms with Crippen LogP contribution in [0.15, 0.2) is 79.1 Å². The Kier molecular flexibility index (Phi) is 4.90. The van der Waals surface area contributed by atoms with E-state index in [2.05, 4.69) is 20.8 Å². The quantitative estimate of drug-likeness (QED) is 0.551. The van der Waals surface area contributed by atoms with E-state index in [1.807, 2.05) is 30.5 Å². The Labute approximate surface area is 166 Å². The number of nitrogens with one attached hydrogen (secondary N) is 2. The molecule has 0 bridgehead atoms. The normalized spacial score (nSPS) is 10.5. The molecule has 144 valence electrons. The largest absolute Gasteiger partial charge is 0.321 e. The summed E-state index contributed by atoms with van der Waals surface area (Å²) in [4.78, 5) is 24.8. The van der Waals surface area contributed by atoms with Gasteiger partial charge in [-0.05, 0) is 42.5 Å². The SMILES string of the molecule is Cn1nc(C(=O)Nc2ccc(-n3cccn3)cc2)cc1NC(=O)c1ccccc1. The summed E-state index contributed by atoms with van der Waals surface area (Å²) < 4.78 is 3.18. The molecule has 0 aliphatic rings. The van der Waals surface area contributed by atoms with E-state index < -0.39 is 0 Å². The molecule has 2 heterocycles. The molecule has 0 unspecified atom stereocenters. The number of anilines is 2.